The van der Waals surface area contributed by atoms with Gasteiger partial charge in [-0.15, -0.1) is 0 Å². The third kappa shape index (κ3) is 5.41. The number of carbonyl (C=O) groups excluding carboxylic acids is 1. The zero-order chi connectivity index (χ0) is 15.1. The molecule has 1 saturated heterocycles. The fourth-order valence-corrected chi connectivity index (χ4v) is 3.17. The molecule has 1 aliphatic rings. The third-order valence-corrected chi connectivity index (χ3v) is 4.25. The molecule has 0 radical (unpaired) electrons. The van der Waals surface area contributed by atoms with Crippen molar-refractivity contribution in [3.05, 3.63) is 28.7 Å². The lowest BCUT2D eigenvalue weighted by Crippen LogP contribution is -2.48. The van der Waals surface area contributed by atoms with Crippen molar-refractivity contribution in [2.24, 2.45) is 0 Å². The molecule has 0 spiro atoms. The van der Waals surface area contributed by atoms with Crippen LogP contribution in [0.25, 0.3) is 0 Å². The van der Waals surface area contributed by atoms with Crippen LogP contribution in [0.1, 0.15) is 26.2 Å². The van der Waals surface area contributed by atoms with E-state index in [4.69, 9.17) is 0 Å². The summed E-state index contributed by atoms with van der Waals surface area (Å²) in [5.41, 5.74) is 0.840. The van der Waals surface area contributed by atoms with E-state index in [2.05, 4.69) is 38.4 Å². The van der Waals surface area contributed by atoms with Gasteiger partial charge in [0.2, 0.25) is 5.91 Å². The molecule has 4 nitrogen and oxygen atoms in total. The van der Waals surface area contributed by atoms with Gasteiger partial charge in [0.25, 0.3) is 0 Å². The number of hydrogen-bond acceptors (Lipinski definition) is 3. The van der Waals surface area contributed by atoms with Crippen molar-refractivity contribution in [2.75, 3.05) is 31.5 Å². The molecule has 2 N–H and O–H groups in total. The molecule has 1 amide bonds. The lowest BCUT2D eigenvalue weighted by molar-refractivity contribution is -0.118. The van der Waals surface area contributed by atoms with Crippen LogP contribution in [-0.4, -0.2) is 43.0 Å². The maximum Gasteiger partial charge on any atom is 0.238 e. The molecule has 1 aliphatic heterocycles. The maximum absolute atomic E-state index is 12.3. The second kappa shape index (κ2) is 8.51. The lowest BCUT2D eigenvalue weighted by Gasteiger charge is -2.34. The Balaban J connectivity index is 1.91. The Kier molecular flexibility index (Phi) is 6.67. The van der Waals surface area contributed by atoms with E-state index in [0.717, 1.165) is 36.2 Å². The van der Waals surface area contributed by atoms with Crippen molar-refractivity contribution in [1.29, 1.82) is 0 Å². The summed E-state index contributed by atoms with van der Waals surface area (Å²) in [5.74, 6) is 0.0622. The molecular formula is C16H24BrN3O. The number of piperidine rings is 1. The summed E-state index contributed by atoms with van der Waals surface area (Å²) >= 11 is 3.42. The molecule has 21 heavy (non-hydrogen) atoms. The molecule has 0 aliphatic carbocycles. The van der Waals surface area contributed by atoms with Crippen molar-refractivity contribution in [3.8, 4) is 0 Å². The van der Waals surface area contributed by atoms with Crippen molar-refractivity contribution < 1.29 is 4.79 Å². The zero-order valence-electron chi connectivity index (χ0n) is 12.6. The van der Waals surface area contributed by atoms with E-state index in [-0.39, 0.29) is 5.91 Å². The molecular weight excluding hydrogens is 330 g/mol. The van der Waals surface area contributed by atoms with E-state index >= 15 is 0 Å². The highest BCUT2D eigenvalue weighted by Crippen LogP contribution is 2.16. The molecule has 1 fully saturated rings. The van der Waals surface area contributed by atoms with Gasteiger partial charge in [0.15, 0.2) is 0 Å². The van der Waals surface area contributed by atoms with Crippen LogP contribution in [0.15, 0.2) is 28.7 Å². The number of nitrogens with zero attached hydrogens (tertiary/aromatic N) is 1. The molecule has 0 aromatic heterocycles. The molecule has 5 heteroatoms. The van der Waals surface area contributed by atoms with E-state index in [1.807, 2.05) is 24.3 Å². The quantitative estimate of drug-likeness (QED) is 0.826. The van der Waals surface area contributed by atoms with Gasteiger partial charge in [0.1, 0.15) is 0 Å². The average Bonchev–Trinajstić information content (AvgIpc) is 2.47. The van der Waals surface area contributed by atoms with E-state index < -0.39 is 0 Å². The first-order valence-electron chi connectivity index (χ1n) is 7.69. The van der Waals surface area contributed by atoms with Gasteiger partial charge >= 0.3 is 0 Å². The highest BCUT2D eigenvalue weighted by atomic mass is 79.9. The summed E-state index contributed by atoms with van der Waals surface area (Å²) in [5, 5.41) is 6.40. The number of anilines is 1. The van der Waals surface area contributed by atoms with Crippen LogP contribution in [0.5, 0.6) is 0 Å². The van der Waals surface area contributed by atoms with Gasteiger partial charge < -0.3 is 10.6 Å². The van der Waals surface area contributed by atoms with E-state index in [1.165, 1.54) is 12.8 Å². The number of halogens is 1. The summed E-state index contributed by atoms with van der Waals surface area (Å²) in [4.78, 5) is 14.6. The Morgan fingerprint density at radius 1 is 1.52 bits per heavy atom. The second-order valence-corrected chi connectivity index (χ2v) is 6.44. The van der Waals surface area contributed by atoms with E-state index in [1.54, 1.807) is 0 Å². The Morgan fingerprint density at radius 3 is 3.05 bits per heavy atom. The molecule has 1 atom stereocenters. The largest absolute Gasteiger partial charge is 0.325 e. The van der Waals surface area contributed by atoms with Crippen LogP contribution in [0.4, 0.5) is 5.69 Å². The summed E-state index contributed by atoms with van der Waals surface area (Å²) < 4.78 is 0.974. The molecule has 1 aromatic carbocycles. The molecule has 1 heterocycles. The number of nitrogens with one attached hydrogen (secondary N) is 2. The predicted molar refractivity (Wildman–Crippen MR) is 90.5 cm³/mol. The van der Waals surface area contributed by atoms with Crippen molar-refractivity contribution >= 4 is 27.5 Å². The summed E-state index contributed by atoms with van der Waals surface area (Å²) in [7, 11) is 0. The summed E-state index contributed by atoms with van der Waals surface area (Å²) in [6.07, 6.45) is 3.44. The van der Waals surface area contributed by atoms with Gasteiger partial charge in [0, 0.05) is 22.7 Å². The minimum atomic E-state index is 0.0622. The highest BCUT2D eigenvalue weighted by molar-refractivity contribution is 9.10. The number of rotatable bonds is 6. The van der Waals surface area contributed by atoms with Crippen molar-refractivity contribution in [3.63, 3.8) is 0 Å². The van der Waals surface area contributed by atoms with Crippen molar-refractivity contribution in [1.82, 2.24) is 10.2 Å². The first kappa shape index (κ1) is 16.5. The number of hydrogen-bond donors (Lipinski definition) is 2. The SMILES string of the molecule is CCCN(CC(=O)Nc1cccc(Br)c1)C1CCCNC1. The lowest BCUT2D eigenvalue weighted by atomic mass is 10.1. The van der Waals surface area contributed by atoms with Gasteiger partial charge in [0.05, 0.1) is 6.54 Å². The van der Waals surface area contributed by atoms with Crippen LogP contribution in [0.2, 0.25) is 0 Å². The third-order valence-electron chi connectivity index (χ3n) is 3.75. The first-order chi connectivity index (χ1) is 10.2. The van der Waals surface area contributed by atoms with E-state index in [9.17, 15) is 4.79 Å². The van der Waals surface area contributed by atoms with Gasteiger partial charge in [-0.05, 0) is 50.6 Å². The number of amides is 1. The normalized spacial score (nSPS) is 18.7. The zero-order valence-corrected chi connectivity index (χ0v) is 14.2. The fourth-order valence-electron chi connectivity index (χ4n) is 2.77. The van der Waals surface area contributed by atoms with Crippen LogP contribution in [0.3, 0.4) is 0 Å². The standard InChI is InChI=1S/C16H24BrN3O/c1-2-9-20(15-7-4-8-18-11-15)12-16(21)19-14-6-3-5-13(17)10-14/h3,5-6,10,15,18H,2,4,7-9,11-12H2,1H3,(H,19,21). The number of benzene rings is 1. The van der Waals surface area contributed by atoms with Crippen LogP contribution in [-0.2, 0) is 4.79 Å². The average molecular weight is 354 g/mol. The maximum atomic E-state index is 12.3. The van der Waals surface area contributed by atoms with Gasteiger partial charge in [-0.2, -0.15) is 0 Å². The molecule has 1 unspecified atom stereocenters. The molecule has 1 aromatic rings. The molecule has 0 saturated carbocycles. The van der Waals surface area contributed by atoms with Crippen LogP contribution in [0, 0.1) is 0 Å². The van der Waals surface area contributed by atoms with Crippen LogP contribution < -0.4 is 10.6 Å². The van der Waals surface area contributed by atoms with Crippen molar-refractivity contribution in [2.45, 2.75) is 32.2 Å². The Morgan fingerprint density at radius 2 is 2.38 bits per heavy atom. The Bertz CT molecular complexity index is 461. The van der Waals surface area contributed by atoms with Gasteiger partial charge in [-0.25, -0.2) is 0 Å². The Hall–Kier alpha value is -0.910. The predicted octanol–water partition coefficient (Wildman–Crippen LogP) is 2.85. The minimum Gasteiger partial charge on any atom is -0.325 e. The molecule has 2 rings (SSSR count). The number of carbonyl (C=O) groups is 1. The summed E-state index contributed by atoms with van der Waals surface area (Å²) in [6, 6.07) is 8.19. The highest BCUT2D eigenvalue weighted by Gasteiger charge is 2.22. The van der Waals surface area contributed by atoms with Crippen LogP contribution >= 0.6 is 15.9 Å². The summed E-state index contributed by atoms with van der Waals surface area (Å²) in [6.45, 7) is 5.69. The minimum absolute atomic E-state index is 0.0622. The fraction of sp³-hybridized carbons (Fsp3) is 0.562. The monoisotopic (exact) mass is 353 g/mol. The topological polar surface area (TPSA) is 44.4 Å². The smallest absolute Gasteiger partial charge is 0.238 e. The first-order valence-corrected chi connectivity index (χ1v) is 8.48. The molecule has 116 valence electrons. The van der Waals surface area contributed by atoms with E-state index in [0.29, 0.717) is 12.6 Å². The Labute approximate surface area is 135 Å². The second-order valence-electron chi connectivity index (χ2n) is 5.53. The van der Waals surface area contributed by atoms with Gasteiger partial charge in [-0.1, -0.05) is 28.9 Å². The molecule has 0 bridgehead atoms. The van der Waals surface area contributed by atoms with Gasteiger partial charge in [-0.3, -0.25) is 9.69 Å².